The molecule has 0 aromatic heterocycles. The summed E-state index contributed by atoms with van der Waals surface area (Å²) in [6.07, 6.45) is 0.830. The third kappa shape index (κ3) is 5.95. The Morgan fingerprint density at radius 2 is 1.50 bits per heavy atom. The van der Waals surface area contributed by atoms with E-state index < -0.39 is 6.04 Å². The maximum atomic E-state index is 12.6. The molecule has 1 atom stereocenters. The molecule has 0 unspecified atom stereocenters. The molecule has 0 spiro atoms. The van der Waals surface area contributed by atoms with Crippen molar-refractivity contribution >= 4 is 11.8 Å². The van der Waals surface area contributed by atoms with E-state index >= 15 is 0 Å². The Bertz CT molecular complexity index is 958. The molecule has 0 saturated heterocycles. The average Bonchev–Trinajstić information content (AvgIpc) is 2.80. The van der Waals surface area contributed by atoms with Crippen LogP contribution in [-0.2, 0) is 11.2 Å². The van der Waals surface area contributed by atoms with Crippen molar-refractivity contribution in [1.82, 2.24) is 10.6 Å². The molecule has 2 N–H and O–H groups in total. The number of amides is 2. The third-order valence-corrected chi connectivity index (χ3v) is 4.84. The lowest BCUT2D eigenvalue weighted by Gasteiger charge is -2.19. The summed E-state index contributed by atoms with van der Waals surface area (Å²) in [5.41, 5.74) is 2.49. The molecular weight excluding hydrogens is 376 g/mol. The summed E-state index contributed by atoms with van der Waals surface area (Å²) in [6, 6.07) is 25.9. The zero-order chi connectivity index (χ0) is 21.2. The summed E-state index contributed by atoms with van der Waals surface area (Å²) in [6.45, 7) is 0.493. The van der Waals surface area contributed by atoms with Crippen molar-refractivity contribution in [1.29, 1.82) is 0 Å². The Balaban J connectivity index is 1.61. The van der Waals surface area contributed by atoms with Crippen molar-refractivity contribution in [2.75, 3.05) is 13.7 Å². The summed E-state index contributed by atoms with van der Waals surface area (Å²) in [7, 11) is 1.64. The lowest BCUT2D eigenvalue weighted by Crippen LogP contribution is -2.34. The fourth-order valence-corrected chi connectivity index (χ4v) is 3.27. The van der Waals surface area contributed by atoms with Gasteiger partial charge in [0.2, 0.25) is 5.91 Å². The van der Waals surface area contributed by atoms with E-state index in [1.165, 1.54) is 0 Å². The van der Waals surface area contributed by atoms with Crippen molar-refractivity contribution in [3.8, 4) is 5.75 Å². The van der Waals surface area contributed by atoms with Crippen LogP contribution in [0, 0.1) is 0 Å². The van der Waals surface area contributed by atoms with Gasteiger partial charge in [-0.05, 0) is 35.7 Å². The maximum absolute atomic E-state index is 12.6. The highest BCUT2D eigenvalue weighted by molar-refractivity contribution is 5.94. The molecule has 5 nitrogen and oxygen atoms in total. The largest absolute Gasteiger partial charge is 0.496 e. The standard InChI is InChI=1S/C25H26N2O3/c1-30-23-15-9-8-12-20(23)16-17-26-24(28)18-22(19-10-4-2-5-11-19)27-25(29)21-13-6-3-7-14-21/h2-15,22H,16-18H2,1H3,(H,26,28)(H,27,29)/t22-/m0/s1. The number of benzene rings is 3. The van der Waals surface area contributed by atoms with Crippen LogP contribution >= 0.6 is 0 Å². The average molecular weight is 402 g/mol. The minimum absolute atomic E-state index is 0.118. The van der Waals surface area contributed by atoms with Crippen LogP contribution in [-0.4, -0.2) is 25.5 Å². The summed E-state index contributed by atoms with van der Waals surface area (Å²) in [5.74, 6) is 0.488. The number of hydrogen-bond acceptors (Lipinski definition) is 3. The Hall–Kier alpha value is -3.60. The minimum atomic E-state index is -0.412. The first-order valence-electron chi connectivity index (χ1n) is 9.97. The second-order valence-electron chi connectivity index (χ2n) is 6.92. The number of hydrogen-bond donors (Lipinski definition) is 2. The topological polar surface area (TPSA) is 67.4 Å². The quantitative estimate of drug-likeness (QED) is 0.570. The first-order valence-corrected chi connectivity index (χ1v) is 9.97. The second kappa shape index (κ2) is 10.8. The normalized spacial score (nSPS) is 11.4. The molecule has 0 fully saturated rings. The van der Waals surface area contributed by atoms with Crippen molar-refractivity contribution in [3.05, 3.63) is 102 Å². The van der Waals surface area contributed by atoms with Gasteiger partial charge in [0.05, 0.1) is 19.6 Å². The number of nitrogens with one attached hydrogen (secondary N) is 2. The van der Waals surface area contributed by atoms with Crippen LogP contribution in [0.1, 0.15) is 33.9 Å². The highest BCUT2D eigenvalue weighted by Gasteiger charge is 2.19. The van der Waals surface area contributed by atoms with Crippen LogP contribution in [0.25, 0.3) is 0 Å². The summed E-state index contributed by atoms with van der Waals surface area (Å²) in [5, 5.41) is 5.94. The maximum Gasteiger partial charge on any atom is 0.251 e. The van der Waals surface area contributed by atoms with Gasteiger partial charge >= 0.3 is 0 Å². The molecule has 0 radical (unpaired) electrons. The van der Waals surface area contributed by atoms with Crippen LogP contribution in [0.2, 0.25) is 0 Å². The van der Waals surface area contributed by atoms with Gasteiger partial charge in [0.1, 0.15) is 5.75 Å². The second-order valence-corrected chi connectivity index (χ2v) is 6.92. The number of carbonyl (C=O) groups is 2. The van der Waals surface area contributed by atoms with Crippen molar-refractivity contribution in [3.63, 3.8) is 0 Å². The van der Waals surface area contributed by atoms with E-state index in [0.717, 1.165) is 16.9 Å². The summed E-state index contributed by atoms with van der Waals surface area (Å²) >= 11 is 0. The van der Waals surface area contributed by atoms with Gasteiger partial charge < -0.3 is 15.4 Å². The van der Waals surface area contributed by atoms with Gasteiger partial charge in [0.25, 0.3) is 5.91 Å². The monoisotopic (exact) mass is 402 g/mol. The molecule has 154 valence electrons. The molecule has 3 rings (SSSR count). The van der Waals surface area contributed by atoms with Crippen molar-refractivity contribution in [2.24, 2.45) is 0 Å². The number of carbonyl (C=O) groups excluding carboxylic acids is 2. The van der Waals surface area contributed by atoms with Gasteiger partial charge in [0, 0.05) is 12.1 Å². The minimum Gasteiger partial charge on any atom is -0.496 e. The number of ether oxygens (including phenoxy) is 1. The van der Waals surface area contributed by atoms with Gasteiger partial charge in [-0.25, -0.2) is 0 Å². The predicted octanol–water partition coefficient (Wildman–Crippen LogP) is 3.92. The zero-order valence-corrected chi connectivity index (χ0v) is 17.0. The third-order valence-electron chi connectivity index (χ3n) is 4.84. The fraction of sp³-hybridized carbons (Fsp3) is 0.200. The van der Waals surface area contributed by atoms with Gasteiger partial charge in [-0.1, -0.05) is 66.7 Å². The van der Waals surface area contributed by atoms with E-state index in [4.69, 9.17) is 4.74 Å². The van der Waals surface area contributed by atoms with Crippen LogP contribution in [0.3, 0.4) is 0 Å². The van der Waals surface area contributed by atoms with Gasteiger partial charge in [-0.15, -0.1) is 0 Å². The van der Waals surface area contributed by atoms with E-state index in [-0.39, 0.29) is 18.2 Å². The molecule has 5 heteroatoms. The van der Waals surface area contributed by atoms with E-state index in [1.807, 2.05) is 72.8 Å². The van der Waals surface area contributed by atoms with Gasteiger partial charge in [-0.3, -0.25) is 9.59 Å². The van der Waals surface area contributed by atoms with Gasteiger partial charge in [0.15, 0.2) is 0 Å². The SMILES string of the molecule is COc1ccccc1CCNC(=O)C[C@H](NC(=O)c1ccccc1)c1ccccc1. The van der Waals surface area contributed by atoms with E-state index in [1.54, 1.807) is 19.2 Å². The van der Waals surface area contributed by atoms with Crippen molar-refractivity contribution in [2.45, 2.75) is 18.9 Å². The predicted molar refractivity (Wildman–Crippen MR) is 117 cm³/mol. The molecule has 30 heavy (non-hydrogen) atoms. The van der Waals surface area contributed by atoms with E-state index in [0.29, 0.717) is 18.5 Å². The highest BCUT2D eigenvalue weighted by atomic mass is 16.5. The molecule has 0 heterocycles. The number of methoxy groups -OCH3 is 1. The highest BCUT2D eigenvalue weighted by Crippen LogP contribution is 2.19. The molecule has 0 saturated carbocycles. The Morgan fingerprint density at radius 1 is 0.867 bits per heavy atom. The summed E-state index contributed by atoms with van der Waals surface area (Å²) in [4.78, 5) is 25.2. The smallest absolute Gasteiger partial charge is 0.251 e. The van der Waals surface area contributed by atoms with Crippen LogP contribution in [0.15, 0.2) is 84.9 Å². The van der Waals surface area contributed by atoms with Crippen LogP contribution in [0.4, 0.5) is 0 Å². The summed E-state index contributed by atoms with van der Waals surface area (Å²) < 4.78 is 5.35. The molecule has 2 amide bonds. The Kier molecular flexibility index (Phi) is 7.61. The Labute approximate surface area is 177 Å². The zero-order valence-electron chi connectivity index (χ0n) is 17.0. The molecule has 0 aliphatic heterocycles. The van der Waals surface area contributed by atoms with E-state index in [2.05, 4.69) is 10.6 Å². The number of rotatable bonds is 9. The first-order chi connectivity index (χ1) is 14.7. The van der Waals surface area contributed by atoms with E-state index in [9.17, 15) is 9.59 Å². The van der Waals surface area contributed by atoms with Crippen LogP contribution in [0.5, 0.6) is 5.75 Å². The van der Waals surface area contributed by atoms with Gasteiger partial charge in [-0.2, -0.15) is 0 Å². The molecule has 3 aromatic carbocycles. The molecule has 0 aliphatic rings. The first kappa shape index (κ1) is 21.1. The molecule has 0 aliphatic carbocycles. The fourth-order valence-electron chi connectivity index (χ4n) is 3.27. The Morgan fingerprint density at radius 3 is 2.20 bits per heavy atom. The van der Waals surface area contributed by atoms with Crippen molar-refractivity contribution < 1.29 is 14.3 Å². The van der Waals surface area contributed by atoms with Crippen LogP contribution < -0.4 is 15.4 Å². The molecule has 0 bridgehead atoms. The number of para-hydroxylation sites is 1. The molecular formula is C25H26N2O3. The molecule has 3 aromatic rings. The lowest BCUT2D eigenvalue weighted by molar-refractivity contribution is -0.121. The lowest BCUT2D eigenvalue weighted by atomic mass is 10.0.